The van der Waals surface area contributed by atoms with Crippen LogP contribution in [-0.4, -0.2) is 45.5 Å². The van der Waals surface area contributed by atoms with Crippen LogP contribution in [0.2, 0.25) is 10.0 Å². The summed E-state index contributed by atoms with van der Waals surface area (Å²) in [6, 6.07) is 10.4. The summed E-state index contributed by atoms with van der Waals surface area (Å²) in [6.45, 7) is 2.01. The van der Waals surface area contributed by atoms with E-state index in [2.05, 4.69) is 4.72 Å². The highest BCUT2D eigenvalue weighted by Gasteiger charge is 2.20. The third kappa shape index (κ3) is 4.29. The molecule has 0 atom stereocenters. The summed E-state index contributed by atoms with van der Waals surface area (Å²) >= 11 is 11.7. The Kier molecular flexibility index (Phi) is 5.72. The third-order valence-corrected chi connectivity index (χ3v) is 5.98. The predicted molar refractivity (Wildman–Crippen MR) is 100 cm³/mol. The highest BCUT2D eigenvalue weighted by molar-refractivity contribution is 7.92. The molecule has 0 spiro atoms. The molecule has 0 saturated carbocycles. The van der Waals surface area contributed by atoms with Crippen LogP contribution in [0.4, 0.5) is 5.69 Å². The molecule has 6 nitrogen and oxygen atoms in total. The minimum absolute atomic E-state index is 0.0168. The molecule has 0 unspecified atom stereocenters. The molecule has 1 heterocycles. The summed E-state index contributed by atoms with van der Waals surface area (Å²) < 4.78 is 32.7. The van der Waals surface area contributed by atoms with Gasteiger partial charge in [-0.3, -0.25) is 9.52 Å². The van der Waals surface area contributed by atoms with Crippen molar-refractivity contribution in [1.82, 2.24) is 4.90 Å². The third-order valence-electron chi connectivity index (χ3n) is 3.86. The van der Waals surface area contributed by atoms with Gasteiger partial charge in [-0.15, -0.1) is 0 Å². The van der Waals surface area contributed by atoms with Gasteiger partial charge in [0.1, 0.15) is 0 Å². The number of carbonyl (C=O) groups excluding carboxylic acids is 1. The van der Waals surface area contributed by atoms with Gasteiger partial charge in [-0.1, -0.05) is 29.3 Å². The largest absolute Gasteiger partial charge is 0.378 e. The van der Waals surface area contributed by atoms with Crippen LogP contribution in [0.5, 0.6) is 0 Å². The van der Waals surface area contributed by atoms with E-state index in [0.717, 1.165) is 0 Å². The van der Waals surface area contributed by atoms with Crippen LogP contribution < -0.4 is 4.72 Å². The van der Waals surface area contributed by atoms with Gasteiger partial charge in [-0.2, -0.15) is 0 Å². The van der Waals surface area contributed by atoms with E-state index < -0.39 is 10.0 Å². The lowest BCUT2D eigenvalue weighted by Gasteiger charge is -2.27. The molecule has 1 fully saturated rings. The van der Waals surface area contributed by atoms with Crippen molar-refractivity contribution in [2.75, 3.05) is 31.0 Å². The van der Waals surface area contributed by atoms with Crippen molar-refractivity contribution < 1.29 is 17.9 Å². The number of benzene rings is 2. The molecule has 0 aromatic heterocycles. The Balaban J connectivity index is 1.81. The molecule has 9 heteroatoms. The van der Waals surface area contributed by atoms with Gasteiger partial charge < -0.3 is 9.64 Å². The minimum atomic E-state index is -3.86. The van der Waals surface area contributed by atoms with Crippen molar-refractivity contribution in [3.8, 4) is 0 Å². The molecule has 3 rings (SSSR count). The number of ether oxygens (including phenoxy) is 1. The number of hydrogen-bond donors (Lipinski definition) is 1. The van der Waals surface area contributed by atoms with Crippen molar-refractivity contribution in [3.63, 3.8) is 0 Å². The standard InChI is InChI=1S/C17H16Cl2N2O4S/c18-15-5-4-14(11-16(15)19)26(23,24)20-13-3-1-2-12(10-13)17(22)21-6-8-25-9-7-21/h1-5,10-11,20H,6-9H2. The quantitative estimate of drug-likeness (QED) is 0.832. The van der Waals surface area contributed by atoms with Gasteiger partial charge in [0.15, 0.2) is 0 Å². The fourth-order valence-electron chi connectivity index (χ4n) is 2.52. The monoisotopic (exact) mass is 414 g/mol. The minimum Gasteiger partial charge on any atom is -0.378 e. The highest BCUT2D eigenvalue weighted by Crippen LogP contribution is 2.26. The number of amides is 1. The Morgan fingerprint density at radius 1 is 1.04 bits per heavy atom. The van der Waals surface area contributed by atoms with Gasteiger partial charge in [-0.05, 0) is 36.4 Å². The van der Waals surface area contributed by atoms with Crippen LogP contribution >= 0.6 is 23.2 Å². The van der Waals surface area contributed by atoms with E-state index in [1.807, 2.05) is 0 Å². The smallest absolute Gasteiger partial charge is 0.261 e. The molecular formula is C17H16Cl2N2O4S. The number of halogens is 2. The van der Waals surface area contributed by atoms with E-state index in [9.17, 15) is 13.2 Å². The zero-order valence-corrected chi connectivity index (χ0v) is 15.9. The Bertz CT molecular complexity index is 928. The molecule has 0 radical (unpaired) electrons. The Hall–Kier alpha value is -1.80. The maximum Gasteiger partial charge on any atom is 0.261 e. The van der Waals surface area contributed by atoms with Crippen molar-refractivity contribution in [2.45, 2.75) is 4.90 Å². The van der Waals surface area contributed by atoms with Crippen molar-refractivity contribution in [2.24, 2.45) is 0 Å². The molecule has 1 amide bonds. The molecular weight excluding hydrogens is 399 g/mol. The fraction of sp³-hybridized carbons (Fsp3) is 0.235. The maximum absolute atomic E-state index is 12.5. The number of hydrogen-bond acceptors (Lipinski definition) is 4. The van der Waals surface area contributed by atoms with Gasteiger partial charge in [0.2, 0.25) is 0 Å². The molecule has 1 aliphatic heterocycles. The molecule has 0 bridgehead atoms. The molecule has 1 N–H and O–H groups in total. The first-order valence-corrected chi connectivity index (χ1v) is 10.1. The SMILES string of the molecule is O=C(c1cccc(NS(=O)(=O)c2ccc(Cl)c(Cl)c2)c1)N1CCOCC1. The number of sulfonamides is 1. The van der Waals surface area contributed by atoms with Crippen LogP contribution in [0, 0.1) is 0 Å². The van der Waals surface area contributed by atoms with E-state index in [-0.39, 0.29) is 26.5 Å². The van der Waals surface area contributed by atoms with Gasteiger partial charge in [-0.25, -0.2) is 8.42 Å². The van der Waals surface area contributed by atoms with Gasteiger partial charge in [0.05, 0.1) is 28.2 Å². The fourth-order valence-corrected chi connectivity index (χ4v) is 3.96. The number of nitrogens with one attached hydrogen (secondary N) is 1. The number of morpholine rings is 1. The predicted octanol–water partition coefficient (Wildman–Crippen LogP) is 3.27. The first-order valence-electron chi connectivity index (χ1n) is 7.82. The van der Waals surface area contributed by atoms with E-state index in [1.54, 1.807) is 23.1 Å². The zero-order valence-electron chi connectivity index (χ0n) is 13.6. The molecule has 0 aliphatic carbocycles. The van der Waals surface area contributed by atoms with E-state index >= 15 is 0 Å². The van der Waals surface area contributed by atoms with Crippen molar-refractivity contribution in [3.05, 3.63) is 58.1 Å². The van der Waals surface area contributed by atoms with Gasteiger partial charge in [0, 0.05) is 24.3 Å². The van der Waals surface area contributed by atoms with E-state index in [1.165, 1.54) is 24.3 Å². The summed E-state index contributed by atoms with van der Waals surface area (Å²) in [5.74, 6) is -0.163. The van der Waals surface area contributed by atoms with Gasteiger partial charge in [0.25, 0.3) is 15.9 Å². The Morgan fingerprint density at radius 3 is 2.46 bits per heavy atom. The topological polar surface area (TPSA) is 75.7 Å². The summed E-state index contributed by atoms with van der Waals surface area (Å²) in [7, 11) is -3.86. The van der Waals surface area contributed by atoms with Crippen molar-refractivity contribution >= 4 is 44.8 Å². The molecule has 1 aliphatic rings. The lowest BCUT2D eigenvalue weighted by atomic mass is 10.1. The molecule has 138 valence electrons. The number of carbonyl (C=O) groups is 1. The second kappa shape index (κ2) is 7.84. The van der Waals surface area contributed by atoms with E-state index in [4.69, 9.17) is 27.9 Å². The maximum atomic E-state index is 12.5. The number of anilines is 1. The molecule has 2 aromatic carbocycles. The normalized spacial score (nSPS) is 14.9. The second-order valence-electron chi connectivity index (χ2n) is 5.67. The first-order chi connectivity index (χ1) is 12.4. The molecule has 26 heavy (non-hydrogen) atoms. The van der Waals surface area contributed by atoms with Crippen LogP contribution in [0.3, 0.4) is 0 Å². The lowest BCUT2D eigenvalue weighted by molar-refractivity contribution is 0.0303. The van der Waals surface area contributed by atoms with Crippen LogP contribution in [-0.2, 0) is 14.8 Å². The number of rotatable bonds is 4. The number of nitrogens with zero attached hydrogens (tertiary/aromatic N) is 1. The highest BCUT2D eigenvalue weighted by atomic mass is 35.5. The van der Waals surface area contributed by atoms with Crippen molar-refractivity contribution in [1.29, 1.82) is 0 Å². The lowest BCUT2D eigenvalue weighted by Crippen LogP contribution is -2.40. The zero-order chi connectivity index (χ0) is 18.7. The summed E-state index contributed by atoms with van der Waals surface area (Å²) in [5.41, 5.74) is 0.691. The average molecular weight is 415 g/mol. The summed E-state index contributed by atoms with van der Waals surface area (Å²) in [6.07, 6.45) is 0. The average Bonchev–Trinajstić information content (AvgIpc) is 2.64. The molecule has 1 saturated heterocycles. The van der Waals surface area contributed by atoms with Crippen LogP contribution in [0.1, 0.15) is 10.4 Å². The summed E-state index contributed by atoms with van der Waals surface area (Å²) in [5, 5.41) is 0.412. The van der Waals surface area contributed by atoms with Gasteiger partial charge >= 0.3 is 0 Å². The Morgan fingerprint density at radius 2 is 1.77 bits per heavy atom. The second-order valence-corrected chi connectivity index (χ2v) is 8.16. The summed E-state index contributed by atoms with van der Waals surface area (Å²) in [4.78, 5) is 14.2. The van der Waals surface area contributed by atoms with E-state index in [0.29, 0.717) is 31.9 Å². The van der Waals surface area contributed by atoms with Crippen LogP contribution in [0.25, 0.3) is 0 Å². The molecule has 2 aromatic rings. The van der Waals surface area contributed by atoms with Crippen LogP contribution in [0.15, 0.2) is 47.4 Å². The Labute approximate surface area is 161 Å². The first kappa shape index (κ1) is 19.0.